The summed E-state index contributed by atoms with van der Waals surface area (Å²) in [6.45, 7) is 0. The zero-order valence-corrected chi connectivity index (χ0v) is 7.11. The Hall–Kier alpha value is -1.58. The number of rotatable bonds is 2. The van der Waals surface area contributed by atoms with Crippen molar-refractivity contribution in [2.75, 3.05) is 7.11 Å². The molecule has 0 aliphatic heterocycles. The Morgan fingerprint density at radius 3 is 2.69 bits per heavy atom. The lowest BCUT2D eigenvalue weighted by atomic mass is 9.92. The number of esters is 1. The van der Waals surface area contributed by atoms with E-state index in [4.69, 9.17) is 7.85 Å². The first kappa shape index (κ1) is 9.51. The highest BCUT2D eigenvalue weighted by Crippen LogP contribution is 2.02. The molecule has 0 N–H and O–H groups in total. The van der Waals surface area contributed by atoms with Gasteiger partial charge in [0.25, 0.3) is 0 Å². The van der Waals surface area contributed by atoms with Crippen molar-refractivity contribution in [3.63, 3.8) is 0 Å². The van der Waals surface area contributed by atoms with Gasteiger partial charge in [-0.3, -0.25) is 4.79 Å². The van der Waals surface area contributed by atoms with E-state index in [1.54, 1.807) is 0 Å². The lowest BCUT2D eigenvalue weighted by Gasteiger charge is -2.01. The monoisotopic (exact) mass is 174 g/mol. The predicted molar refractivity (Wildman–Crippen MR) is 48.6 cm³/mol. The first-order chi connectivity index (χ1) is 6.17. The van der Waals surface area contributed by atoms with E-state index in [1.807, 2.05) is 0 Å². The molecule has 4 heteroatoms. The molecule has 1 aromatic rings. The van der Waals surface area contributed by atoms with Crippen LogP contribution < -0.4 is 5.46 Å². The topological polar surface area (TPSA) is 43.4 Å². The van der Waals surface area contributed by atoms with Crippen molar-refractivity contribution in [1.82, 2.24) is 0 Å². The van der Waals surface area contributed by atoms with Gasteiger partial charge >= 0.3 is 5.97 Å². The van der Waals surface area contributed by atoms with E-state index in [2.05, 4.69) is 4.74 Å². The standard InChI is InChI=1S/C9H7BO3/c1-13-9(12)7-2-6(5-11)3-8(10)4-7/h2-5H,1H3. The van der Waals surface area contributed by atoms with Crippen LogP contribution in [0.15, 0.2) is 18.2 Å². The summed E-state index contributed by atoms with van der Waals surface area (Å²) in [6, 6.07) is 4.37. The Morgan fingerprint density at radius 1 is 1.46 bits per heavy atom. The molecule has 0 aliphatic carbocycles. The van der Waals surface area contributed by atoms with Gasteiger partial charge in [0.15, 0.2) is 0 Å². The van der Waals surface area contributed by atoms with E-state index in [9.17, 15) is 9.59 Å². The number of carbonyl (C=O) groups is 2. The number of benzene rings is 1. The van der Waals surface area contributed by atoms with Gasteiger partial charge in [-0.1, -0.05) is 17.6 Å². The lowest BCUT2D eigenvalue weighted by Crippen LogP contribution is -2.10. The van der Waals surface area contributed by atoms with Crippen LogP contribution >= 0.6 is 0 Å². The second kappa shape index (κ2) is 3.89. The number of aldehydes is 1. The normalized spacial score (nSPS) is 9.31. The molecular weight excluding hydrogens is 167 g/mol. The summed E-state index contributed by atoms with van der Waals surface area (Å²) in [7, 11) is 6.73. The van der Waals surface area contributed by atoms with Gasteiger partial charge in [0.1, 0.15) is 14.1 Å². The summed E-state index contributed by atoms with van der Waals surface area (Å²) in [4.78, 5) is 21.5. The molecule has 0 spiro atoms. The van der Waals surface area contributed by atoms with Crippen molar-refractivity contribution in [3.8, 4) is 0 Å². The molecule has 1 rings (SSSR count). The molecule has 0 atom stereocenters. The van der Waals surface area contributed by atoms with Crippen molar-refractivity contribution >= 4 is 25.6 Å². The molecule has 0 unspecified atom stereocenters. The molecule has 0 saturated heterocycles. The SMILES string of the molecule is [B]c1cc(C=O)cc(C(=O)OC)c1. The highest BCUT2D eigenvalue weighted by molar-refractivity contribution is 6.33. The van der Waals surface area contributed by atoms with E-state index < -0.39 is 5.97 Å². The zero-order valence-electron chi connectivity index (χ0n) is 7.11. The van der Waals surface area contributed by atoms with Crippen LogP contribution in [0.4, 0.5) is 0 Å². The van der Waals surface area contributed by atoms with Crippen LogP contribution in [-0.4, -0.2) is 27.2 Å². The van der Waals surface area contributed by atoms with Gasteiger partial charge in [-0.05, 0) is 6.07 Å². The van der Waals surface area contributed by atoms with E-state index in [-0.39, 0.29) is 5.56 Å². The minimum absolute atomic E-state index is 0.282. The zero-order chi connectivity index (χ0) is 9.84. The van der Waals surface area contributed by atoms with Crippen LogP contribution in [0.25, 0.3) is 0 Å². The predicted octanol–water partition coefficient (Wildman–Crippen LogP) is 0.0795. The molecule has 0 bridgehead atoms. The molecule has 2 radical (unpaired) electrons. The van der Waals surface area contributed by atoms with Gasteiger partial charge in [0.2, 0.25) is 0 Å². The Bertz CT molecular complexity index is 347. The van der Waals surface area contributed by atoms with Crippen molar-refractivity contribution in [3.05, 3.63) is 29.3 Å². The smallest absolute Gasteiger partial charge is 0.337 e. The minimum atomic E-state index is -0.504. The van der Waals surface area contributed by atoms with E-state index in [0.29, 0.717) is 17.3 Å². The van der Waals surface area contributed by atoms with Gasteiger partial charge in [0.05, 0.1) is 12.7 Å². The molecule has 3 nitrogen and oxygen atoms in total. The second-order valence-corrected chi connectivity index (χ2v) is 2.50. The van der Waals surface area contributed by atoms with Crippen LogP contribution in [0.2, 0.25) is 0 Å². The fourth-order valence-electron chi connectivity index (χ4n) is 0.980. The van der Waals surface area contributed by atoms with Crippen molar-refractivity contribution in [1.29, 1.82) is 0 Å². The van der Waals surface area contributed by atoms with E-state index in [0.717, 1.165) is 0 Å². The summed E-state index contributed by atoms with van der Waals surface area (Å²) in [5.74, 6) is -0.504. The number of hydrogen-bond donors (Lipinski definition) is 0. The molecule has 0 amide bonds. The fourth-order valence-corrected chi connectivity index (χ4v) is 0.980. The Balaban J connectivity index is 3.15. The van der Waals surface area contributed by atoms with E-state index >= 15 is 0 Å². The molecule has 0 aromatic heterocycles. The van der Waals surface area contributed by atoms with Crippen LogP contribution in [0.5, 0.6) is 0 Å². The largest absolute Gasteiger partial charge is 0.465 e. The third-order valence-corrected chi connectivity index (χ3v) is 1.53. The Kier molecular flexibility index (Phi) is 2.85. The first-order valence-electron chi connectivity index (χ1n) is 3.61. The van der Waals surface area contributed by atoms with Crippen molar-refractivity contribution in [2.24, 2.45) is 0 Å². The highest BCUT2D eigenvalue weighted by Gasteiger charge is 2.06. The second-order valence-electron chi connectivity index (χ2n) is 2.50. The van der Waals surface area contributed by atoms with Gasteiger partial charge in [-0.25, -0.2) is 4.79 Å². The van der Waals surface area contributed by atoms with Gasteiger partial charge in [-0.2, -0.15) is 0 Å². The third-order valence-electron chi connectivity index (χ3n) is 1.53. The third kappa shape index (κ3) is 2.18. The Labute approximate surface area is 77.1 Å². The number of ether oxygens (including phenoxy) is 1. The quantitative estimate of drug-likeness (QED) is 0.362. The van der Waals surface area contributed by atoms with Crippen LogP contribution in [0.3, 0.4) is 0 Å². The van der Waals surface area contributed by atoms with Crippen molar-refractivity contribution < 1.29 is 14.3 Å². The molecule has 0 fully saturated rings. The first-order valence-corrected chi connectivity index (χ1v) is 3.61. The molecule has 0 heterocycles. The number of methoxy groups -OCH3 is 1. The summed E-state index contributed by atoms with van der Waals surface area (Å²) >= 11 is 0. The fraction of sp³-hybridized carbons (Fsp3) is 0.111. The molecule has 0 aliphatic rings. The van der Waals surface area contributed by atoms with Crippen LogP contribution in [0.1, 0.15) is 20.7 Å². The highest BCUT2D eigenvalue weighted by atomic mass is 16.5. The van der Waals surface area contributed by atoms with E-state index in [1.165, 1.54) is 25.3 Å². The summed E-state index contributed by atoms with van der Waals surface area (Å²) in [6.07, 6.45) is 0.628. The maximum Gasteiger partial charge on any atom is 0.337 e. The molecular formula is C9H7BO3. The molecule has 0 saturated carbocycles. The van der Waals surface area contributed by atoms with Gasteiger partial charge in [-0.15, -0.1) is 0 Å². The summed E-state index contributed by atoms with van der Waals surface area (Å²) < 4.78 is 4.48. The minimum Gasteiger partial charge on any atom is -0.465 e. The number of hydrogen-bond acceptors (Lipinski definition) is 3. The maximum atomic E-state index is 11.0. The average Bonchev–Trinajstić information content (AvgIpc) is 2.15. The van der Waals surface area contributed by atoms with Crippen LogP contribution in [0, 0.1) is 0 Å². The molecule has 1 aromatic carbocycles. The van der Waals surface area contributed by atoms with Gasteiger partial charge in [0, 0.05) is 5.56 Å². The summed E-state index contributed by atoms with van der Waals surface area (Å²) in [5.41, 5.74) is 1.01. The molecule has 13 heavy (non-hydrogen) atoms. The van der Waals surface area contributed by atoms with Gasteiger partial charge < -0.3 is 4.74 Å². The lowest BCUT2D eigenvalue weighted by molar-refractivity contribution is 0.0601. The Morgan fingerprint density at radius 2 is 2.15 bits per heavy atom. The van der Waals surface area contributed by atoms with Crippen molar-refractivity contribution in [2.45, 2.75) is 0 Å². The maximum absolute atomic E-state index is 11.0. The van der Waals surface area contributed by atoms with Crippen LogP contribution in [-0.2, 0) is 4.74 Å². The summed E-state index contributed by atoms with van der Waals surface area (Å²) in [5, 5.41) is 0. The average molecular weight is 174 g/mol. The number of carbonyl (C=O) groups excluding carboxylic acids is 2. The molecule has 64 valence electrons.